The molecular formula is C13H23FO10. The van der Waals surface area contributed by atoms with E-state index >= 15 is 0 Å². The third-order valence-electron chi connectivity index (χ3n) is 4.13. The van der Waals surface area contributed by atoms with Crippen molar-refractivity contribution in [3.05, 3.63) is 0 Å². The summed E-state index contributed by atoms with van der Waals surface area (Å²) in [6, 6.07) is 0. The fraction of sp³-hybridized carbons (Fsp3) is 1.00. The van der Waals surface area contributed by atoms with Gasteiger partial charge in [-0.25, -0.2) is 4.39 Å². The van der Waals surface area contributed by atoms with Gasteiger partial charge in [-0.3, -0.25) is 0 Å². The van der Waals surface area contributed by atoms with Crippen LogP contribution in [0.3, 0.4) is 0 Å². The van der Waals surface area contributed by atoms with E-state index in [1.165, 1.54) is 7.11 Å². The Morgan fingerprint density at radius 3 is 2.04 bits per heavy atom. The van der Waals surface area contributed by atoms with E-state index < -0.39 is 74.7 Å². The van der Waals surface area contributed by atoms with Crippen molar-refractivity contribution in [3.63, 3.8) is 0 Å². The molecule has 10 atom stereocenters. The molecule has 2 saturated heterocycles. The number of aliphatic hydroxyl groups excluding tert-OH is 6. The maximum Gasteiger partial charge on any atom is 0.187 e. The highest BCUT2D eigenvalue weighted by atomic mass is 19.1. The Labute approximate surface area is 136 Å². The molecular weight excluding hydrogens is 335 g/mol. The monoisotopic (exact) mass is 358 g/mol. The molecule has 10 nitrogen and oxygen atoms in total. The van der Waals surface area contributed by atoms with Gasteiger partial charge in [0.1, 0.15) is 42.7 Å². The average molecular weight is 358 g/mol. The Bertz CT molecular complexity index is 361. The van der Waals surface area contributed by atoms with Gasteiger partial charge in [-0.05, 0) is 0 Å². The third kappa shape index (κ3) is 3.85. The molecule has 0 aliphatic carbocycles. The first-order valence-corrected chi connectivity index (χ1v) is 7.42. The number of alkyl halides is 1. The summed E-state index contributed by atoms with van der Waals surface area (Å²) in [6.07, 6.45) is -15.4. The number of rotatable bonds is 5. The lowest BCUT2D eigenvalue weighted by molar-refractivity contribution is -0.324. The molecule has 2 aliphatic rings. The molecule has 2 fully saturated rings. The van der Waals surface area contributed by atoms with E-state index in [4.69, 9.17) is 24.1 Å². The molecule has 2 aliphatic heterocycles. The Morgan fingerprint density at radius 2 is 1.46 bits per heavy atom. The number of aliphatic hydroxyl groups is 6. The molecule has 2 rings (SSSR count). The predicted molar refractivity (Wildman–Crippen MR) is 72.3 cm³/mol. The summed E-state index contributed by atoms with van der Waals surface area (Å²) >= 11 is 0. The van der Waals surface area contributed by atoms with Crippen molar-refractivity contribution in [2.75, 3.05) is 20.3 Å². The number of hydrogen-bond donors (Lipinski definition) is 6. The molecule has 0 aromatic heterocycles. The normalized spacial score (nSPS) is 50.0. The molecule has 2 heterocycles. The zero-order chi connectivity index (χ0) is 18.0. The Balaban J connectivity index is 1.96. The fourth-order valence-electron chi connectivity index (χ4n) is 2.62. The zero-order valence-electron chi connectivity index (χ0n) is 12.9. The van der Waals surface area contributed by atoms with E-state index in [9.17, 15) is 29.9 Å². The quantitative estimate of drug-likeness (QED) is 0.288. The smallest absolute Gasteiger partial charge is 0.187 e. The van der Waals surface area contributed by atoms with Crippen molar-refractivity contribution in [3.8, 4) is 0 Å². The van der Waals surface area contributed by atoms with Gasteiger partial charge in [-0.1, -0.05) is 0 Å². The van der Waals surface area contributed by atoms with E-state index in [-0.39, 0.29) is 0 Å². The number of halogens is 1. The minimum absolute atomic E-state index is 0.437. The van der Waals surface area contributed by atoms with Crippen LogP contribution in [-0.4, -0.2) is 112 Å². The minimum atomic E-state index is -2.10. The molecule has 0 radical (unpaired) electrons. The molecule has 11 heteroatoms. The lowest BCUT2D eigenvalue weighted by atomic mass is 9.99. The molecule has 24 heavy (non-hydrogen) atoms. The molecule has 142 valence electrons. The van der Waals surface area contributed by atoms with Gasteiger partial charge in [-0.2, -0.15) is 0 Å². The van der Waals surface area contributed by atoms with Crippen LogP contribution < -0.4 is 0 Å². The highest BCUT2D eigenvalue weighted by molar-refractivity contribution is 4.91. The van der Waals surface area contributed by atoms with Crippen LogP contribution in [0.25, 0.3) is 0 Å². The Morgan fingerprint density at radius 1 is 0.833 bits per heavy atom. The van der Waals surface area contributed by atoms with E-state index in [2.05, 4.69) is 0 Å². The minimum Gasteiger partial charge on any atom is -0.394 e. The van der Waals surface area contributed by atoms with Crippen molar-refractivity contribution in [1.82, 2.24) is 0 Å². The van der Waals surface area contributed by atoms with Gasteiger partial charge >= 0.3 is 0 Å². The first kappa shape index (κ1) is 19.8. The zero-order valence-corrected chi connectivity index (χ0v) is 12.9. The second-order valence-electron chi connectivity index (χ2n) is 5.73. The van der Waals surface area contributed by atoms with Crippen molar-refractivity contribution in [2.45, 2.75) is 61.5 Å². The summed E-state index contributed by atoms with van der Waals surface area (Å²) in [5, 5.41) is 57.5. The predicted octanol–water partition coefficient (Wildman–Crippen LogP) is -3.77. The van der Waals surface area contributed by atoms with E-state index in [1.807, 2.05) is 0 Å². The lowest BCUT2D eigenvalue weighted by Gasteiger charge is -2.42. The Hall–Kier alpha value is -0.470. The van der Waals surface area contributed by atoms with Crippen molar-refractivity contribution < 1.29 is 54.0 Å². The number of hydrogen-bond acceptors (Lipinski definition) is 10. The average Bonchev–Trinajstić information content (AvgIpc) is 2.58. The van der Waals surface area contributed by atoms with Crippen LogP contribution in [0.4, 0.5) is 4.39 Å². The van der Waals surface area contributed by atoms with E-state index in [0.717, 1.165) is 0 Å². The highest BCUT2D eigenvalue weighted by Crippen LogP contribution is 2.26. The third-order valence-corrected chi connectivity index (χ3v) is 4.13. The van der Waals surface area contributed by atoms with Crippen LogP contribution in [0.5, 0.6) is 0 Å². The number of ether oxygens (including phenoxy) is 4. The maximum atomic E-state index is 13.8. The van der Waals surface area contributed by atoms with Crippen LogP contribution >= 0.6 is 0 Å². The summed E-state index contributed by atoms with van der Waals surface area (Å²) in [4.78, 5) is 0. The topological polar surface area (TPSA) is 158 Å². The standard InChI is InChI=1S/C13H23FO10/c1-21-12-11(20)10(19)8(17)5(24-12)3-22-13-9(18)6(14)7(16)4(2-15)23-13/h4-13,15-20H,2-3H2,1H3. The van der Waals surface area contributed by atoms with Crippen LogP contribution in [-0.2, 0) is 18.9 Å². The van der Waals surface area contributed by atoms with Crippen molar-refractivity contribution in [2.24, 2.45) is 0 Å². The first-order valence-electron chi connectivity index (χ1n) is 7.42. The van der Waals surface area contributed by atoms with Crippen molar-refractivity contribution >= 4 is 0 Å². The summed E-state index contributed by atoms with van der Waals surface area (Å²) in [5.74, 6) is 0. The van der Waals surface area contributed by atoms with Gasteiger partial charge in [0.25, 0.3) is 0 Å². The lowest BCUT2D eigenvalue weighted by Crippen LogP contribution is -2.61. The van der Waals surface area contributed by atoms with Gasteiger partial charge in [0.2, 0.25) is 0 Å². The fourth-order valence-corrected chi connectivity index (χ4v) is 2.62. The molecule has 0 spiro atoms. The van der Waals surface area contributed by atoms with Gasteiger partial charge in [-0.15, -0.1) is 0 Å². The SMILES string of the molecule is COC1OC(COC2OC(CO)C(O)C(F)C2O)C(O)C(O)C1O. The molecule has 0 amide bonds. The maximum absolute atomic E-state index is 13.8. The first-order chi connectivity index (χ1) is 11.3. The van der Waals surface area contributed by atoms with E-state index in [1.54, 1.807) is 0 Å². The van der Waals surface area contributed by atoms with E-state index in [0.29, 0.717) is 0 Å². The summed E-state index contributed by atoms with van der Waals surface area (Å²) in [7, 11) is 1.23. The van der Waals surface area contributed by atoms with Crippen molar-refractivity contribution in [1.29, 1.82) is 0 Å². The second-order valence-corrected chi connectivity index (χ2v) is 5.73. The molecule has 0 aromatic rings. The molecule has 0 aromatic carbocycles. The summed E-state index contributed by atoms with van der Waals surface area (Å²) in [5.41, 5.74) is 0. The van der Waals surface area contributed by atoms with Gasteiger partial charge < -0.3 is 49.6 Å². The van der Waals surface area contributed by atoms with Crippen LogP contribution in [0.1, 0.15) is 0 Å². The largest absolute Gasteiger partial charge is 0.394 e. The van der Waals surface area contributed by atoms with Gasteiger partial charge in [0.15, 0.2) is 18.8 Å². The summed E-state index contributed by atoms with van der Waals surface area (Å²) < 4.78 is 34.1. The molecule has 0 bridgehead atoms. The Kier molecular flexibility index (Phi) is 6.84. The van der Waals surface area contributed by atoms with Crippen LogP contribution in [0.15, 0.2) is 0 Å². The molecule has 10 unspecified atom stereocenters. The molecule has 6 N–H and O–H groups in total. The van der Waals surface area contributed by atoms with Gasteiger partial charge in [0, 0.05) is 7.11 Å². The highest BCUT2D eigenvalue weighted by Gasteiger charge is 2.47. The van der Waals surface area contributed by atoms with Gasteiger partial charge in [0.05, 0.1) is 13.2 Å². The van der Waals surface area contributed by atoms with Crippen LogP contribution in [0, 0.1) is 0 Å². The van der Waals surface area contributed by atoms with Crippen LogP contribution in [0.2, 0.25) is 0 Å². The summed E-state index contributed by atoms with van der Waals surface area (Å²) in [6.45, 7) is -1.12. The number of methoxy groups -OCH3 is 1. The molecule has 0 saturated carbocycles. The second kappa shape index (κ2) is 8.27.